The molecule has 2 aromatic carbocycles. The third-order valence-electron chi connectivity index (χ3n) is 7.90. The van der Waals surface area contributed by atoms with E-state index in [9.17, 15) is 14.4 Å². The Bertz CT molecular complexity index is 1230. The quantitative estimate of drug-likeness (QED) is 0.610. The number of hydrogen-bond donors (Lipinski definition) is 2. The molecule has 0 spiro atoms. The maximum atomic E-state index is 14.0. The van der Waals surface area contributed by atoms with Crippen molar-refractivity contribution in [2.24, 2.45) is 22.7 Å². The highest BCUT2D eigenvalue weighted by Gasteiger charge is 2.37. The van der Waals surface area contributed by atoms with E-state index in [0.29, 0.717) is 23.2 Å². The van der Waals surface area contributed by atoms with Crippen LogP contribution in [0.2, 0.25) is 0 Å². The zero-order valence-electron chi connectivity index (χ0n) is 22.4. The Morgan fingerprint density at radius 1 is 1.00 bits per heavy atom. The van der Waals surface area contributed by atoms with Gasteiger partial charge in [-0.05, 0) is 74.1 Å². The van der Waals surface area contributed by atoms with Crippen LogP contribution in [0, 0.1) is 24.7 Å². The monoisotopic (exact) mass is 515 g/mol. The summed E-state index contributed by atoms with van der Waals surface area (Å²) in [5.41, 5.74) is 3.82. The van der Waals surface area contributed by atoms with E-state index < -0.39 is 18.1 Å². The van der Waals surface area contributed by atoms with Crippen molar-refractivity contribution in [1.82, 2.24) is 10.2 Å². The second kappa shape index (κ2) is 11.0. The number of anilines is 2. The first-order valence-electron chi connectivity index (χ1n) is 13.7. The number of carbonyl (C=O) groups is 3. The molecule has 3 heterocycles. The molecule has 6 rings (SSSR count). The van der Waals surface area contributed by atoms with Gasteiger partial charge >= 0.3 is 6.03 Å². The van der Waals surface area contributed by atoms with Gasteiger partial charge in [-0.3, -0.25) is 19.5 Å². The topological polar surface area (TPSA) is 94.1 Å². The molecule has 1 unspecified atom stereocenters. The molecule has 38 heavy (non-hydrogen) atoms. The van der Waals surface area contributed by atoms with Gasteiger partial charge in [-0.1, -0.05) is 44.2 Å². The number of carbonyl (C=O) groups excluding carboxylic acids is 3. The summed E-state index contributed by atoms with van der Waals surface area (Å²) in [4.78, 5) is 48.7. The molecule has 2 bridgehead atoms. The third-order valence-corrected chi connectivity index (χ3v) is 7.90. The Balaban J connectivity index is 1.42. The summed E-state index contributed by atoms with van der Waals surface area (Å²) >= 11 is 0. The summed E-state index contributed by atoms with van der Waals surface area (Å²) < 4.78 is 0. The Kier molecular flexibility index (Phi) is 7.49. The molecule has 4 amide bonds. The minimum atomic E-state index is -1.15. The molecule has 8 heteroatoms. The van der Waals surface area contributed by atoms with Gasteiger partial charge in [0.05, 0.1) is 5.69 Å². The van der Waals surface area contributed by atoms with Crippen LogP contribution in [0.4, 0.5) is 16.2 Å². The molecule has 1 aliphatic carbocycles. The fourth-order valence-corrected chi connectivity index (χ4v) is 5.92. The highest BCUT2D eigenvalue weighted by molar-refractivity contribution is 6.15. The standard InChI is InChI=1S/C30H37N5O3/c1-19(2)27-24-9-4-5-10-25(24)35(18-26(36)34-16-21-11-12-22(17-34)14-13-21)29(37)28(32-27)33-30(38)31-23-8-6-7-20(3)15-23/h4-10,15,19,21-22,28H,11-14,16-18H2,1-3H3,(H2,31,33,38). The minimum absolute atomic E-state index is 0.00460. The van der Waals surface area contributed by atoms with Gasteiger partial charge < -0.3 is 15.5 Å². The number of aryl methyl sites for hydroxylation is 1. The van der Waals surface area contributed by atoms with Crippen LogP contribution in [0.15, 0.2) is 53.5 Å². The zero-order chi connectivity index (χ0) is 26.8. The zero-order valence-corrected chi connectivity index (χ0v) is 22.4. The molecule has 3 fully saturated rings. The Morgan fingerprint density at radius 2 is 1.68 bits per heavy atom. The van der Waals surface area contributed by atoms with Gasteiger partial charge in [-0.15, -0.1) is 0 Å². The van der Waals surface area contributed by atoms with Crippen LogP contribution in [0.3, 0.4) is 0 Å². The van der Waals surface area contributed by atoms with Crippen LogP contribution < -0.4 is 15.5 Å². The molecule has 2 saturated heterocycles. The van der Waals surface area contributed by atoms with Crippen LogP contribution in [0.5, 0.6) is 0 Å². The van der Waals surface area contributed by atoms with E-state index in [1.165, 1.54) is 30.6 Å². The highest BCUT2D eigenvalue weighted by Crippen LogP contribution is 2.34. The van der Waals surface area contributed by atoms with Crippen molar-refractivity contribution in [2.75, 3.05) is 29.9 Å². The number of hydrogen-bond acceptors (Lipinski definition) is 4. The van der Waals surface area contributed by atoms with Gasteiger partial charge in [-0.2, -0.15) is 0 Å². The number of nitrogens with one attached hydrogen (secondary N) is 2. The van der Waals surface area contributed by atoms with Crippen molar-refractivity contribution in [2.45, 2.75) is 52.6 Å². The molecular formula is C30H37N5O3. The van der Waals surface area contributed by atoms with Crippen LogP contribution in [0.1, 0.15) is 50.7 Å². The average Bonchev–Trinajstić information content (AvgIpc) is 3.27. The van der Waals surface area contributed by atoms with E-state index in [2.05, 4.69) is 10.6 Å². The van der Waals surface area contributed by atoms with E-state index in [-0.39, 0.29) is 18.4 Å². The first kappa shape index (κ1) is 25.9. The maximum Gasteiger partial charge on any atom is 0.321 e. The van der Waals surface area contributed by atoms with Gasteiger partial charge in [-0.25, -0.2) is 4.79 Å². The second-order valence-corrected chi connectivity index (χ2v) is 11.2. The van der Waals surface area contributed by atoms with Crippen LogP contribution in [-0.4, -0.2) is 54.3 Å². The summed E-state index contributed by atoms with van der Waals surface area (Å²) in [5.74, 6) is 0.618. The Labute approximate surface area is 224 Å². The van der Waals surface area contributed by atoms with Crippen molar-refractivity contribution in [3.63, 3.8) is 0 Å². The predicted molar refractivity (Wildman–Crippen MR) is 149 cm³/mol. The van der Waals surface area contributed by atoms with Gasteiger partial charge in [0.2, 0.25) is 12.1 Å². The molecule has 8 nitrogen and oxygen atoms in total. The maximum absolute atomic E-state index is 14.0. The minimum Gasteiger partial charge on any atom is -0.341 e. The normalized spacial score (nSPS) is 22.9. The Hall–Kier alpha value is -3.68. The molecule has 3 aliphatic heterocycles. The number of benzodiazepines with no additional fused rings is 1. The molecule has 2 N–H and O–H groups in total. The number of aliphatic imine (C=N–C) groups is 1. The lowest BCUT2D eigenvalue weighted by molar-refractivity contribution is -0.132. The number of nitrogens with zero attached hydrogens (tertiary/aromatic N) is 3. The third kappa shape index (κ3) is 5.59. The molecule has 2 aromatic rings. The largest absolute Gasteiger partial charge is 0.341 e. The summed E-state index contributed by atoms with van der Waals surface area (Å²) in [6, 6.07) is 14.5. The van der Waals surface area contributed by atoms with E-state index in [4.69, 9.17) is 4.99 Å². The van der Waals surface area contributed by atoms with Gasteiger partial charge in [0.1, 0.15) is 6.54 Å². The molecule has 4 aliphatic rings. The SMILES string of the molecule is Cc1cccc(NC(=O)NC2N=C(C(C)C)c3ccccc3N(CC(=O)N3CC4CCC(CC4)C3)C2=O)c1. The lowest BCUT2D eigenvalue weighted by Gasteiger charge is -2.29. The molecule has 0 aromatic heterocycles. The van der Waals surface area contributed by atoms with Crippen LogP contribution in [0.25, 0.3) is 0 Å². The van der Waals surface area contributed by atoms with Gasteiger partial charge in [0.15, 0.2) is 0 Å². The first-order valence-corrected chi connectivity index (χ1v) is 13.7. The van der Waals surface area contributed by atoms with Gasteiger partial charge in [0, 0.05) is 30.1 Å². The molecule has 0 radical (unpaired) electrons. The molecule has 1 saturated carbocycles. The predicted octanol–water partition coefficient (Wildman–Crippen LogP) is 4.58. The van der Waals surface area contributed by atoms with Crippen molar-refractivity contribution in [1.29, 1.82) is 0 Å². The summed E-state index contributed by atoms with van der Waals surface area (Å²) in [6.07, 6.45) is 3.54. The van der Waals surface area contributed by atoms with Crippen molar-refractivity contribution in [3.8, 4) is 0 Å². The molecule has 200 valence electrons. The van der Waals surface area contributed by atoms with E-state index in [0.717, 1.165) is 29.9 Å². The summed E-state index contributed by atoms with van der Waals surface area (Å²) in [5, 5.41) is 5.56. The fourth-order valence-electron chi connectivity index (χ4n) is 5.92. The number of amides is 4. The molecule has 1 atom stereocenters. The Morgan fingerprint density at radius 3 is 2.34 bits per heavy atom. The number of fused-ring (bicyclic) bond motifs is 5. The van der Waals surface area contributed by atoms with Gasteiger partial charge in [0.25, 0.3) is 5.91 Å². The van der Waals surface area contributed by atoms with E-state index in [1.807, 2.05) is 68.1 Å². The lowest BCUT2D eigenvalue weighted by atomic mass is 9.84. The van der Waals surface area contributed by atoms with Crippen molar-refractivity contribution in [3.05, 3.63) is 59.7 Å². The summed E-state index contributed by atoms with van der Waals surface area (Å²) in [6.45, 7) is 7.41. The number of rotatable bonds is 5. The number of para-hydroxylation sites is 1. The fraction of sp³-hybridized carbons (Fsp3) is 0.467. The number of urea groups is 1. The molecular weight excluding hydrogens is 478 g/mol. The van der Waals surface area contributed by atoms with Crippen molar-refractivity contribution < 1.29 is 14.4 Å². The van der Waals surface area contributed by atoms with Crippen molar-refractivity contribution >= 4 is 34.9 Å². The van der Waals surface area contributed by atoms with E-state index >= 15 is 0 Å². The second-order valence-electron chi connectivity index (χ2n) is 11.2. The van der Waals surface area contributed by atoms with Crippen LogP contribution in [-0.2, 0) is 9.59 Å². The summed E-state index contributed by atoms with van der Waals surface area (Å²) in [7, 11) is 0. The smallest absolute Gasteiger partial charge is 0.321 e. The van der Waals surface area contributed by atoms with Crippen LogP contribution >= 0.6 is 0 Å². The lowest BCUT2D eigenvalue weighted by Crippen LogP contribution is -2.52. The first-order chi connectivity index (χ1) is 18.3. The highest BCUT2D eigenvalue weighted by atomic mass is 16.2. The average molecular weight is 516 g/mol. The van der Waals surface area contributed by atoms with E-state index in [1.54, 1.807) is 6.07 Å². The number of benzene rings is 2.